The second-order valence-electron chi connectivity index (χ2n) is 6.65. The molecule has 1 aromatic heterocycles. The van der Waals surface area contributed by atoms with Gasteiger partial charge in [0.15, 0.2) is 0 Å². The maximum atomic E-state index is 12.7. The molecule has 0 spiro atoms. The predicted octanol–water partition coefficient (Wildman–Crippen LogP) is 4.38. The fourth-order valence-corrected chi connectivity index (χ4v) is 2.87. The molecule has 0 atom stereocenters. The number of esters is 1. The summed E-state index contributed by atoms with van der Waals surface area (Å²) in [5.74, 6) is -0.155. The highest BCUT2D eigenvalue weighted by Gasteiger charge is 2.15. The van der Waals surface area contributed by atoms with E-state index in [0.29, 0.717) is 17.1 Å². The van der Waals surface area contributed by atoms with Gasteiger partial charge in [-0.25, -0.2) is 14.8 Å². The van der Waals surface area contributed by atoms with E-state index in [9.17, 15) is 9.59 Å². The zero-order valence-corrected chi connectivity index (χ0v) is 16.5. The minimum Gasteiger partial charge on any atom is -0.465 e. The molecular weight excluding hydrogens is 368 g/mol. The second kappa shape index (κ2) is 8.97. The summed E-state index contributed by atoms with van der Waals surface area (Å²) >= 11 is 0. The molecule has 3 aromatic rings. The lowest BCUT2D eigenvalue weighted by atomic mass is 10.0. The summed E-state index contributed by atoms with van der Waals surface area (Å²) in [6, 6.07) is 16.1. The topological polar surface area (TPSA) is 93.2 Å². The quantitative estimate of drug-likeness (QED) is 0.607. The number of anilines is 3. The van der Waals surface area contributed by atoms with Gasteiger partial charge in [-0.05, 0) is 29.7 Å². The number of nitrogens with one attached hydrogen (secondary N) is 2. The van der Waals surface area contributed by atoms with Crippen molar-refractivity contribution in [2.45, 2.75) is 19.8 Å². The van der Waals surface area contributed by atoms with Crippen molar-refractivity contribution in [1.29, 1.82) is 0 Å². The molecule has 1 heterocycles. The van der Waals surface area contributed by atoms with Gasteiger partial charge in [0.05, 0.1) is 18.4 Å². The third-order valence-corrected chi connectivity index (χ3v) is 4.33. The molecule has 3 rings (SSSR count). The number of amides is 1. The minimum atomic E-state index is -0.467. The number of benzene rings is 2. The fraction of sp³-hybridized carbons (Fsp3) is 0.182. The highest BCUT2D eigenvalue weighted by molar-refractivity contribution is 6.04. The van der Waals surface area contributed by atoms with Crippen LogP contribution < -0.4 is 10.6 Å². The third kappa shape index (κ3) is 4.76. The van der Waals surface area contributed by atoms with Gasteiger partial charge in [0, 0.05) is 11.8 Å². The summed E-state index contributed by atoms with van der Waals surface area (Å²) in [6.07, 6.45) is 1.30. The van der Waals surface area contributed by atoms with E-state index >= 15 is 0 Å². The van der Waals surface area contributed by atoms with E-state index in [1.807, 2.05) is 24.3 Å². The average Bonchev–Trinajstić information content (AvgIpc) is 2.74. The second-order valence-corrected chi connectivity index (χ2v) is 6.65. The largest absolute Gasteiger partial charge is 0.465 e. The lowest BCUT2D eigenvalue weighted by Gasteiger charge is -2.14. The van der Waals surface area contributed by atoms with Crippen LogP contribution in [0.25, 0.3) is 0 Å². The first-order valence-electron chi connectivity index (χ1n) is 9.16. The molecule has 2 aromatic carbocycles. The maximum Gasteiger partial charge on any atom is 0.339 e. The summed E-state index contributed by atoms with van der Waals surface area (Å²) in [7, 11) is 1.32. The van der Waals surface area contributed by atoms with E-state index in [1.54, 1.807) is 24.3 Å². The number of rotatable bonds is 6. The number of nitrogens with zero attached hydrogens (tertiary/aromatic N) is 2. The number of methoxy groups -OCH3 is 1. The van der Waals surface area contributed by atoms with Crippen LogP contribution in [-0.4, -0.2) is 29.0 Å². The van der Waals surface area contributed by atoms with Crippen LogP contribution in [0.5, 0.6) is 0 Å². The van der Waals surface area contributed by atoms with E-state index in [4.69, 9.17) is 4.74 Å². The van der Waals surface area contributed by atoms with Gasteiger partial charge in [-0.3, -0.25) is 4.79 Å². The molecule has 0 aliphatic carbocycles. The molecule has 7 nitrogen and oxygen atoms in total. The van der Waals surface area contributed by atoms with Crippen molar-refractivity contribution in [3.05, 3.63) is 77.7 Å². The minimum absolute atomic E-state index is 0.205. The average molecular weight is 390 g/mol. The molecule has 148 valence electrons. The van der Waals surface area contributed by atoms with Crippen LogP contribution in [0, 0.1) is 0 Å². The Hall–Kier alpha value is -3.74. The monoisotopic (exact) mass is 390 g/mol. The number of carbonyl (C=O) groups is 2. The lowest BCUT2D eigenvalue weighted by molar-refractivity contribution is 0.0601. The Morgan fingerprint density at radius 2 is 1.66 bits per heavy atom. The summed E-state index contributed by atoms with van der Waals surface area (Å²) in [5.41, 5.74) is 2.88. The van der Waals surface area contributed by atoms with Crippen molar-refractivity contribution in [1.82, 2.24) is 9.97 Å². The molecule has 0 bridgehead atoms. The van der Waals surface area contributed by atoms with Crippen molar-refractivity contribution in [2.75, 3.05) is 17.7 Å². The predicted molar refractivity (Wildman–Crippen MR) is 112 cm³/mol. The van der Waals surface area contributed by atoms with Gasteiger partial charge in [0.25, 0.3) is 5.91 Å². The zero-order chi connectivity index (χ0) is 20.8. The van der Waals surface area contributed by atoms with E-state index in [0.717, 1.165) is 11.3 Å². The Kier molecular flexibility index (Phi) is 6.19. The Balaban J connectivity index is 1.82. The van der Waals surface area contributed by atoms with Crippen LogP contribution in [0.15, 0.2) is 60.9 Å². The van der Waals surface area contributed by atoms with Crippen LogP contribution in [0.4, 0.5) is 17.2 Å². The zero-order valence-electron chi connectivity index (χ0n) is 16.5. The first-order valence-corrected chi connectivity index (χ1v) is 9.16. The van der Waals surface area contributed by atoms with Gasteiger partial charge in [0.1, 0.15) is 17.8 Å². The van der Waals surface area contributed by atoms with Gasteiger partial charge in [0.2, 0.25) is 0 Å². The van der Waals surface area contributed by atoms with Crippen molar-refractivity contribution < 1.29 is 14.3 Å². The van der Waals surface area contributed by atoms with Crippen molar-refractivity contribution in [3.8, 4) is 0 Å². The molecule has 1 amide bonds. The molecule has 2 N–H and O–H groups in total. The molecule has 0 aliphatic rings. The van der Waals surface area contributed by atoms with E-state index in [1.165, 1.54) is 19.5 Å². The normalized spacial score (nSPS) is 10.5. The highest BCUT2D eigenvalue weighted by atomic mass is 16.5. The van der Waals surface area contributed by atoms with E-state index in [-0.39, 0.29) is 17.5 Å². The number of hydrogen-bond acceptors (Lipinski definition) is 6. The van der Waals surface area contributed by atoms with Crippen molar-refractivity contribution in [2.24, 2.45) is 0 Å². The molecule has 0 aliphatic heterocycles. The molecule has 0 saturated carbocycles. The van der Waals surface area contributed by atoms with Crippen molar-refractivity contribution in [3.63, 3.8) is 0 Å². The van der Waals surface area contributed by atoms with Crippen LogP contribution in [0.1, 0.15) is 46.2 Å². The van der Waals surface area contributed by atoms with Crippen molar-refractivity contribution >= 4 is 29.1 Å². The van der Waals surface area contributed by atoms with Gasteiger partial charge in [-0.2, -0.15) is 0 Å². The van der Waals surface area contributed by atoms with Crippen LogP contribution in [-0.2, 0) is 4.74 Å². The molecule has 0 unspecified atom stereocenters. The summed E-state index contributed by atoms with van der Waals surface area (Å²) in [4.78, 5) is 32.9. The molecule has 29 heavy (non-hydrogen) atoms. The van der Waals surface area contributed by atoms with Gasteiger partial charge in [-0.1, -0.05) is 44.2 Å². The maximum absolute atomic E-state index is 12.7. The number of aromatic nitrogens is 2. The highest BCUT2D eigenvalue weighted by Crippen LogP contribution is 2.24. The Bertz CT molecular complexity index is 1030. The van der Waals surface area contributed by atoms with Gasteiger partial charge in [-0.15, -0.1) is 0 Å². The smallest absolute Gasteiger partial charge is 0.339 e. The Labute approximate surface area is 169 Å². The van der Waals surface area contributed by atoms with Crippen LogP contribution >= 0.6 is 0 Å². The molecule has 0 radical (unpaired) electrons. The third-order valence-electron chi connectivity index (χ3n) is 4.33. The molecule has 7 heteroatoms. The number of carbonyl (C=O) groups excluding carboxylic acids is 2. The standard InChI is InChI=1S/C22H22N4O3/c1-14(2)15-8-4-6-10-17(15)26-21(27)19-12-20(24-13-23-19)25-18-11-7-5-9-16(18)22(28)29-3/h4-14H,1-3H3,(H,26,27)(H,23,24,25). The lowest BCUT2D eigenvalue weighted by Crippen LogP contribution is -2.16. The van der Waals surface area contributed by atoms with Crippen LogP contribution in [0.3, 0.4) is 0 Å². The summed E-state index contributed by atoms with van der Waals surface area (Å²) < 4.78 is 4.80. The van der Waals surface area contributed by atoms with Gasteiger partial charge >= 0.3 is 5.97 Å². The number of hydrogen-bond donors (Lipinski definition) is 2. The SMILES string of the molecule is COC(=O)c1ccccc1Nc1cc(C(=O)Nc2ccccc2C(C)C)ncn1. The Morgan fingerprint density at radius 1 is 0.966 bits per heavy atom. The first-order chi connectivity index (χ1) is 14.0. The number of ether oxygens (including phenoxy) is 1. The fourth-order valence-electron chi connectivity index (χ4n) is 2.87. The summed E-state index contributed by atoms with van der Waals surface area (Å²) in [5, 5.41) is 5.95. The molecule has 0 saturated heterocycles. The molecule has 0 fully saturated rings. The summed E-state index contributed by atoms with van der Waals surface area (Å²) in [6.45, 7) is 4.13. The molecular formula is C22H22N4O3. The van der Waals surface area contributed by atoms with Gasteiger partial charge < -0.3 is 15.4 Å². The Morgan fingerprint density at radius 3 is 2.38 bits per heavy atom. The van der Waals surface area contributed by atoms with E-state index in [2.05, 4.69) is 34.4 Å². The van der Waals surface area contributed by atoms with E-state index < -0.39 is 5.97 Å². The van der Waals surface area contributed by atoms with Crippen LogP contribution in [0.2, 0.25) is 0 Å². The number of para-hydroxylation sites is 2. The first kappa shape index (κ1) is 20.0.